The molecular formula is C36H36F2N2O5. The van der Waals surface area contributed by atoms with E-state index in [9.17, 15) is 23.5 Å². The third-order valence-electron chi connectivity index (χ3n) is 7.74. The van der Waals surface area contributed by atoms with Crippen molar-refractivity contribution < 1.29 is 33.0 Å². The van der Waals surface area contributed by atoms with Gasteiger partial charge in [-0.2, -0.15) is 0 Å². The first-order valence-corrected chi connectivity index (χ1v) is 14.7. The van der Waals surface area contributed by atoms with E-state index < -0.39 is 24.1 Å². The van der Waals surface area contributed by atoms with Crippen molar-refractivity contribution in [2.24, 2.45) is 0 Å². The number of halogens is 2. The molecule has 234 valence electrons. The van der Waals surface area contributed by atoms with Crippen LogP contribution in [0.25, 0.3) is 16.5 Å². The van der Waals surface area contributed by atoms with Crippen LogP contribution in [0.15, 0.2) is 90.2 Å². The summed E-state index contributed by atoms with van der Waals surface area (Å²) in [4.78, 5) is 32.6. The van der Waals surface area contributed by atoms with Crippen LogP contribution in [0.2, 0.25) is 0 Å². The predicted molar refractivity (Wildman–Crippen MR) is 169 cm³/mol. The monoisotopic (exact) mass is 614 g/mol. The van der Waals surface area contributed by atoms with Gasteiger partial charge in [0.1, 0.15) is 5.75 Å². The van der Waals surface area contributed by atoms with Crippen LogP contribution in [0.3, 0.4) is 0 Å². The molecule has 5 rings (SSSR count). The summed E-state index contributed by atoms with van der Waals surface area (Å²) < 4.78 is 38.9. The van der Waals surface area contributed by atoms with E-state index in [1.54, 1.807) is 52.1 Å². The maximum absolute atomic E-state index is 13.5. The third-order valence-corrected chi connectivity index (χ3v) is 7.74. The van der Waals surface area contributed by atoms with E-state index in [1.807, 2.05) is 18.2 Å². The van der Waals surface area contributed by atoms with Crippen molar-refractivity contribution in [1.82, 2.24) is 9.88 Å². The van der Waals surface area contributed by atoms with E-state index >= 15 is 0 Å². The molecule has 1 N–H and O–H groups in total. The number of carbonyl (C=O) groups is 2. The van der Waals surface area contributed by atoms with Gasteiger partial charge in [-0.05, 0) is 85.9 Å². The molecule has 7 nitrogen and oxygen atoms in total. The fraction of sp³-hybridized carbons (Fsp3) is 0.306. The Balaban J connectivity index is 1.71. The second-order valence-corrected chi connectivity index (χ2v) is 12.2. The van der Waals surface area contributed by atoms with Crippen LogP contribution in [0.4, 0.5) is 8.78 Å². The summed E-state index contributed by atoms with van der Waals surface area (Å²) >= 11 is 0. The highest BCUT2D eigenvalue weighted by Crippen LogP contribution is 2.41. The summed E-state index contributed by atoms with van der Waals surface area (Å²) in [5, 5.41) is 11.4. The smallest absolute Gasteiger partial charge is 0.337 e. The van der Waals surface area contributed by atoms with Crippen LogP contribution in [-0.4, -0.2) is 51.7 Å². The van der Waals surface area contributed by atoms with E-state index in [4.69, 9.17) is 14.5 Å². The highest BCUT2D eigenvalue weighted by molar-refractivity contribution is 6.03. The number of carboxylic acid groups (broad SMARTS) is 1. The molecule has 0 radical (unpaired) electrons. The van der Waals surface area contributed by atoms with Crippen molar-refractivity contribution in [1.29, 1.82) is 0 Å². The zero-order valence-electron chi connectivity index (χ0n) is 25.8. The normalized spacial score (nSPS) is 18.5. The number of hydrogen-bond acceptors (Lipinski definition) is 5. The molecule has 9 heteroatoms. The summed E-state index contributed by atoms with van der Waals surface area (Å²) in [7, 11) is 0. The Kier molecular flexibility index (Phi) is 9.02. The van der Waals surface area contributed by atoms with Crippen LogP contribution in [-0.2, 0) is 27.3 Å². The lowest BCUT2D eigenvalue weighted by Gasteiger charge is -2.30. The zero-order valence-corrected chi connectivity index (χ0v) is 25.8. The molecule has 2 aliphatic rings. The molecule has 45 heavy (non-hydrogen) atoms. The Morgan fingerprint density at radius 3 is 2.67 bits per heavy atom. The van der Waals surface area contributed by atoms with Gasteiger partial charge >= 0.3 is 5.97 Å². The summed E-state index contributed by atoms with van der Waals surface area (Å²) in [6, 6.07) is 11.6. The van der Waals surface area contributed by atoms with Gasteiger partial charge < -0.3 is 19.5 Å². The maximum Gasteiger partial charge on any atom is 0.337 e. The number of benzene rings is 2. The van der Waals surface area contributed by atoms with E-state index in [0.29, 0.717) is 57.7 Å². The molecule has 0 aliphatic carbocycles. The number of aliphatic carboxylic acids is 1. The summed E-state index contributed by atoms with van der Waals surface area (Å²) in [6.45, 7) is 12.1. The Hall–Kier alpha value is -4.63. The molecule has 1 aromatic heterocycles. The molecule has 3 aromatic rings. The van der Waals surface area contributed by atoms with Gasteiger partial charge in [-0.15, -0.1) is 0 Å². The zero-order chi connectivity index (χ0) is 32.5. The third kappa shape index (κ3) is 6.88. The molecule has 2 aromatic carbocycles. The number of hydrogen-bond donors (Lipinski definition) is 1. The maximum atomic E-state index is 13.5. The van der Waals surface area contributed by atoms with Crippen LogP contribution >= 0.6 is 0 Å². The number of carbonyl (C=O) groups excluding carboxylic acids is 1. The highest BCUT2D eigenvalue weighted by Gasteiger charge is 2.34. The van der Waals surface area contributed by atoms with Crippen molar-refractivity contribution >= 4 is 28.4 Å². The van der Waals surface area contributed by atoms with Crippen molar-refractivity contribution in [3.05, 3.63) is 112 Å². The average molecular weight is 615 g/mol. The Morgan fingerprint density at radius 1 is 1.18 bits per heavy atom. The second kappa shape index (κ2) is 12.8. The van der Waals surface area contributed by atoms with Crippen molar-refractivity contribution in [2.75, 3.05) is 13.2 Å². The number of alkyl halides is 2. The second-order valence-electron chi connectivity index (χ2n) is 12.2. The van der Waals surface area contributed by atoms with Gasteiger partial charge in [0.15, 0.2) is 6.10 Å². The van der Waals surface area contributed by atoms with Crippen LogP contribution < -0.4 is 4.74 Å². The number of ether oxygens (including phenoxy) is 2. The first kappa shape index (κ1) is 31.8. The van der Waals surface area contributed by atoms with E-state index in [0.717, 1.165) is 10.9 Å². The van der Waals surface area contributed by atoms with Crippen molar-refractivity contribution in [3.63, 3.8) is 0 Å². The molecule has 3 heterocycles. The quantitative estimate of drug-likeness (QED) is 0.302. The molecule has 1 atom stereocenters. The standard InChI is InChI=1S/C36H36F2N2O5/c1-21-9-12-28(41)40(20-23-7-6-8-25(19-23)34(37)38)17-14-22(2)30(33(35(42)43)45-36(3,4)5)29(21)26-10-11-27-31-24(15-18-44-27)13-16-39-32(26)31/h6-14,16,19,33-34H,1,15,17-18,20H2,2-5H3,(H,42,43)/b12-9-,22-14-,30-29?/t33-/m0/s1. The number of rotatable bonds is 7. The van der Waals surface area contributed by atoms with Gasteiger partial charge in [0.05, 0.1) is 17.7 Å². The summed E-state index contributed by atoms with van der Waals surface area (Å²) in [5.41, 5.74) is 3.74. The molecule has 1 amide bonds. The Morgan fingerprint density at radius 2 is 1.96 bits per heavy atom. The predicted octanol–water partition coefficient (Wildman–Crippen LogP) is 7.23. The van der Waals surface area contributed by atoms with Gasteiger partial charge in [0.25, 0.3) is 6.43 Å². The highest BCUT2D eigenvalue weighted by atomic mass is 19.3. The van der Waals surface area contributed by atoms with Crippen molar-refractivity contribution in [3.8, 4) is 5.75 Å². The van der Waals surface area contributed by atoms with Crippen LogP contribution in [0.1, 0.15) is 56.4 Å². The van der Waals surface area contributed by atoms with Crippen LogP contribution in [0, 0.1) is 0 Å². The Labute approximate surface area is 261 Å². The molecule has 0 spiro atoms. The van der Waals surface area contributed by atoms with E-state index in [-0.39, 0.29) is 24.6 Å². The van der Waals surface area contributed by atoms with Gasteiger partial charge in [-0.1, -0.05) is 30.9 Å². The first-order valence-electron chi connectivity index (χ1n) is 14.7. The minimum atomic E-state index is -2.64. The van der Waals surface area contributed by atoms with Gasteiger partial charge in [-0.3, -0.25) is 9.78 Å². The average Bonchev–Trinajstić information content (AvgIpc) is 2.99. The molecular weight excluding hydrogens is 578 g/mol. The van der Waals surface area contributed by atoms with E-state index in [1.165, 1.54) is 29.2 Å². The van der Waals surface area contributed by atoms with Gasteiger partial charge in [-0.25, -0.2) is 13.6 Å². The molecule has 0 unspecified atom stereocenters. The number of carboxylic acids is 1. The summed E-state index contributed by atoms with van der Waals surface area (Å²) in [6.07, 6.45) is 3.09. The number of pyridine rings is 1. The van der Waals surface area contributed by atoms with E-state index in [2.05, 4.69) is 6.58 Å². The van der Waals surface area contributed by atoms with Crippen LogP contribution in [0.5, 0.6) is 5.75 Å². The Bertz CT molecular complexity index is 1760. The SMILES string of the molecule is C=C1/C=C\C(=O)N(Cc2cccc(C(F)F)c2)C/C=C(/C)C([C@H](OC(C)(C)C)C(=O)O)=C1c1ccc2c3c(ccnc13)CCO2. The largest absolute Gasteiger partial charge is 0.493 e. The minimum absolute atomic E-state index is 0.0749. The summed E-state index contributed by atoms with van der Waals surface area (Å²) in [5.74, 6) is -0.842. The number of aromatic nitrogens is 1. The lowest BCUT2D eigenvalue weighted by Crippen LogP contribution is -2.36. The first-order chi connectivity index (χ1) is 21.3. The minimum Gasteiger partial charge on any atom is -0.493 e. The lowest BCUT2D eigenvalue weighted by atomic mass is 9.84. The molecule has 0 bridgehead atoms. The topological polar surface area (TPSA) is 89.0 Å². The van der Waals surface area contributed by atoms with Gasteiger partial charge in [0, 0.05) is 53.9 Å². The van der Waals surface area contributed by atoms with Gasteiger partial charge in [0.2, 0.25) is 5.91 Å². The van der Waals surface area contributed by atoms with Crippen molar-refractivity contribution in [2.45, 2.75) is 58.8 Å². The number of allylic oxidation sites excluding steroid dienone is 3. The lowest BCUT2D eigenvalue weighted by molar-refractivity contribution is -0.155. The molecule has 0 fully saturated rings. The fourth-order valence-corrected chi connectivity index (χ4v) is 5.71. The number of nitrogens with zero attached hydrogens (tertiary/aromatic N) is 2. The molecule has 0 saturated carbocycles. The fourth-order valence-electron chi connectivity index (χ4n) is 5.71. The number of amides is 1. The molecule has 0 saturated heterocycles. The molecule has 2 aliphatic heterocycles.